The molecule has 0 spiro atoms. The number of carboxylic acids is 1. The number of amidine groups is 1. The minimum absolute atomic E-state index is 0.134. The quantitative estimate of drug-likeness (QED) is 0.449. The second-order valence-corrected chi connectivity index (χ2v) is 8.56. The highest BCUT2D eigenvalue weighted by atomic mass is 35.5. The average molecular weight is 479 g/mol. The lowest BCUT2D eigenvalue weighted by Crippen LogP contribution is -2.23. The van der Waals surface area contributed by atoms with Crippen molar-refractivity contribution in [2.75, 3.05) is 7.05 Å². The molecule has 1 heterocycles. The second kappa shape index (κ2) is 9.94. The fourth-order valence-electron chi connectivity index (χ4n) is 3.11. The van der Waals surface area contributed by atoms with E-state index in [4.69, 9.17) is 16.3 Å². The number of benzene rings is 3. The van der Waals surface area contributed by atoms with Crippen LogP contribution in [0.3, 0.4) is 0 Å². The van der Waals surface area contributed by atoms with Crippen molar-refractivity contribution in [2.24, 2.45) is 4.99 Å². The average Bonchev–Trinajstić information content (AvgIpc) is 3.07. The molecule has 1 N–H and O–H groups in total. The number of para-hydroxylation sites is 1. The molecular formula is C25H19ClN2O4S. The first-order chi connectivity index (χ1) is 15.9. The number of carbonyl (C=O) groups is 2. The Kier molecular flexibility index (Phi) is 6.82. The van der Waals surface area contributed by atoms with Crippen LogP contribution in [0.25, 0.3) is 6.08 Å². The van der Waals surface area contributed by atoms with E-state index in [1.165, 1.54) is 28.8 Å². The van der Waals surface area contributed by atoms with Crippen molar-refractivity contribution in [1.82, 2.24) is 4.90 Å². The summed E-state index contributed by atoms with van der Waals surface area (Å²) in [6, 6.07) is 21.2. The van der Waals surface area contributed by atoms with E-state index in [1.54, 1.807) is 25.3 Å². The molecule has 0 atom stereocenters. The van der Waals surface area contributed by atoms with Gasteiger partial charge >= 0.3 is 5.97 Å². The maximum atomic E-state index is 12.8. The van der Waals surface area contributed by atoms with Crippen LogP contribution in [0.5, 0.6) is 5.75 Å². The van der Waals surface area contributed by atoms with E-state index in [-0.39, 0.29) is 11.5 Å². The third kappa shape index (κ3) is 5.27. The van der Waals surface area contributed by atoms with Crippen LogP contribution in [0.15, 0.2) is 82.7 Å². The molecule has 6 nitrogen and oxygen atoms in total. The molecule has 3 aromatic rings. The van der Waals surface area contributed by atoms with Gasteiger partial charge in [0.2, 0.25) is 0 Å². The smallest absolute Gasteiger partial charge is 0.335 e. The van der Waals surface area contributed by atoms with Gasteiger partial charge in [0.05, 0.1) is 16.2 Å². The van der Waals surface area contributed by atoms with Gasteiger partial charge in [-0.05, 0) is 48.2 Å². The molecule has 0 bridgehead atoms. The van der Waals surface area contributed by atoms with Crippen molar-refractivity contribution in [1.29, 1.82) is 0 Å². The summed E-state index contributed by atoms with van der Waals surface area (Å²) in [6.45, 7) is 0.299. The van der Waals surface area contributed by atoms with Crippen molar-refractivity contribution >= 4 is 52.2 Å². The van der Waals surface area contributed by atoms with Gasteiger partial charge in [-0.2, -0.15) is 0 Å². The molecule has 0 radical (unpaired) electrons. The Morgan fingerprint density at radius 1 is 1.12 bits per heavy atom. The number of thioether (sulfide) groups is 1. The van der Waals surface area contributed by atoms with Gasteiger partial charge in [0.15, 0.2) is 5.17 Å². The molecule has 0 unspecified atom stereocenters. The summed E-state index contributed by atoms with van der Waals surface area (Å²) in [5.74, 6) is -0.607. The number of ether oxygens (including phenoxy) is 1. The van der Waals surface area contributed by atoms with Gasteiger partial charge in [-0.25, -0.2) is 9.79 Å². The fourth-order valence-corrected chi connectivity index (χ4v) is 4.28. The predicted octanol–water partition coefficient (Wildman–Crippen LogP) is 5.85. The fraction of sp³-hybridized carbons (Fsp3) is 0.0800. The number of carboxylic acid groups (broad SMARTS) is 1. The third-order valence-electron chi connectivity index (χ3n) is 4.87. The maximum absolute atomic E-state index is 12.8. The van der Waals surface area contributed by atoms with Crippen LogP contribution in [0.4, 0.5) is 5.69 Å². The van der Waals surface area contributed by atoms with Crippen LogP contribution >= 0.6 is 23.4 Å². The van der Waals surface area contributed by atoms with E-state index in [2.05, 4.69) is 4.99 Å². The zero-order valence-corrected chi connectivity index (χ0v) is 19.1. The lowest BCUT2D eigenvalue weighted by molar-refractivity contribution is -0.121. The highest BCUT2D eigenvalue weighted by molar-refractivity contribution is 8.18. The van der Waals surface area contributed by atoms with E-state index >= 15 is 0 Å². The molecule has 1 fully saturated rings. The minimum Gasteiger partial charge on any atom is -0.488 e. The molecule has 1 aliphatic rings. The molecule has 1 saturated heterocycles. The summed E-state index contributed by atoms with van der Waals surface area (Å²) in [6.07, 6.45) is 1.77. The van der Waals surface area contributed by atoms with E-state index < -0.39 is 5.97 Å². The third-order valence-corrected chi connectivity index (χ3v) is 6.30. The molecule has 8 heteroatoms. The lowest BCUT2D eigenvalue weighted by Gasteiger charge is -2.10. The van der Waals surface area contributed by atoms with Gasteiger partial charge in [-0.15, -0.1) is 0 Å². The van der Waals surface area contributed by atoms with Crippen molar-refractivity contribution in [3.63, 3.8) is 0 Å². The predicted molar refractivity (Wildman–Crippen MR) is 131 cm³/mol. The summed E-state index contributed by atoms with van der Waals surface area (Å²) in [5, 5.41) is 10.3. The number of nitrogens with zero attached hydrogens (tertiary/aromatic N) is 2. The Morgan fingerprint density at radius 2 is 1.88 bits per heavy atom. The number of aromatic carboxylic acids is 1. The Labute approximate surface area is 200 Å². The van der Waals surface area contributed by atoms with Gasteiger partial charge in [-0.3, -0.25) is 9.69 Å². The summed E-state index contributed by atoms with van der Waals surface area (Å²) >= 11 is 7.44. The highest BCUT2D eigenvalue weighted by Gasteiger charge is 2.30. The minimum atomic E-state index is -1.03. The standard InChI is InChI=1S/C25H19ClN2O4S/c1-28-23(29)22(33-25(28)27-19-10-6-9-17(13-19)24(30)31)14-16-7-3-5-12-21(16)32-15-18-8-2-4-11-20(18)26/h2-14H,15H2,1H3,(H,30,31)/b22-14-,27-25?. The molecule has 4 rings (SSSR count). The maximum Gasteiger partial charge on any atom is 0.335 e. The Morgan fingerprint density at radius 3 is 2.67 bits per heavy atom. The molecule has 166 valence electrons. The van der Waals surface area contributed by atoms with Crippen LogP contribution < -0.4 is 4.74 Å². The number of rotatable bonds is 6. The topological polar surface area (TPSA) is 79.2 Å². The zero-order chi connectivity index (χ0) is 23.4. The summed E-state index contributed by atoms with van der Waals surface area (Å²) in [7, 11) is 1.63. The molecule has 1 amide bonds. The zero-order valence-electron chi connectivity index (χ0n) is 17.6. The summed E-state index contributed by atoms with van der Waals surface area (Å²) in [5.41, 5.74) is 2.21. The van der Waals surface area contributed by atoms with Crippen molar-refractivity contribution < 1.29 is 19.4 Å². The Balaban J connectivity index is 1.57. The number of carbonyl (C=O) groups excluding carboxylic acids is 1. The van der Waals surface area contributed by atoms with Crippen molar-refractivity contribution in [3.8, 4) is 5.75 Å². The number of halogens is 1. The molecular weight excluding hydrogens is 460 g/mol. The highest BCUT2D eigenvalue weighted by Crippen LogP contribution is 2.35. The first kappa shape index (κ1) is 22.6. The van der Waals surface area contributed by atoms with Gasteiger partial charge in [0, 0.05) is 23.2 Å². The Hall–Kier alpha value is -3.55. The number of aliphatic imine (C=N–C) groups is 1. The number of hydrogen-bond donors (Lipinski definition) is 1. The Bertz CT molecular complexity index is 1290. The number of amides is 1. The SMILES string of the molecule is CN1C(=O)/C(=C/c2ccccc2OCc2ccccc2Cl)SC1=Nc1cccc(C(=O)O)c1. The summed E-state index contributed by atoms with van der Waals surface area (Å²) in [4.78, 5) is 30.4. The second-order valence-electron chi connectivity index (χ2n) is 7.14. The van der Waals surface area contributed by atoms with Crippen LogP contribution in [0.2, 0.25) is 5.02 Å². The van der Waals surface area contributed by atoms with Crippen LogP contribution in [0.1, 0.15) is 21.5 Å². The van der Waals surface area contributed by atoms with E-state index in [0.29, 0.717) is 33.1 Å². The van der Waals surface area contributed by atoms with E-state index in [9.17, 15) is 14.7 Å². The van der Waals surface area contributed by atoms with Gasteiger partial charge < -0.3 is 9.84 Å². The largest absolute Gasteiger partial charge is 0.488 e. The monoisotopic (exact) mass is 478 g/mol. The van der Waals surface area contributed by atoms with E-state index in [0.717, 1.165) is 11.1 Å². The number of hydrogen-bond acceptors (Lipinski definition) is 5. The molecule has 0 aromatic heterocycles. The van der Waals surface area contributed by atoms with Crippen LogP contribution in [-0.2, 0) is 11.4 Å². The van der Waals surface area contributed by atoms with Crippen molar-refractivity contribution in [3.05, 3.63) is 99.4 Å². The van der Waals surface area contributed by atoms with Crippen LogP contribution in [-0.4, -0.2) is 34.1 Å². The molecule has 3 aromatic carbocycles. The van der Waals surface area contributed by atoms with E-state index in [1.807, 2.05) is 48.5 Å². The first-order valence-electron chi connectivity index (χ1n) is 9.97. The van der Waals surface area contributed by atoms with Gasteiger partial charge in [-0.1, -0.05) is 54.1 Å². The normalized spacial score (nSPS) is 15.9. The molecule has 1 aliphatic heterocycles. The van der Waals surface area contributed by atoms with Crippen LogP contribution in [0, 0.1) is 0 Å². The molecule has 33 heavy (non-hydrogen) atoms. The number of likely N-dealkylation sites (N-methyl/N-ethyl adjacent to an activating group) is 1. The van der Waals surface area contributed by atoms with Gasteiger partial charge in [0.1, 0.15) is 12.4 Å². The summed E-state index contributed by atoms with van der Waals surface area (Å²) < 4.78 is 5.99. The molecule has 0 aliphatic carbocycles. The van der Waals surface area contributed by atoms with Crippen molar-refractivity contribution in [2.45, 2.75) is 6.61 Å². The first-order valence-corrected chi connectivity index (χ1v) is 11.2. The van der Waals surface area contributed by atoms with Gasteiger partial charge in [0.25, 0.3) is 5.91 Å². The molecule has 0 saturated carbocycles. The lowest BCUT2D eigenvalue weighted by atomic mass is 10.1.